The summed E-state index contributed by atoms with van der Waals surface area (Å²) in [6.45, 7) is 0.615. The number of furan rings is 1. The second-order valence-electron chi connectivity index (χ2n) is 5.17. The maximum atomic E-state index is 12.5. The topological polar surface area (TPSA) is 76.7 Å². The van der Waals surface area contributed by atoms with E-state index >= 15 is 0 Å². The van der Waals surface area contributed by atoms with E-state index in [9.17, 15) is 9.00 Å². The van der Waals surface area contributed by atoms with Gasteiger partial charge in [-0.3, -0.25) is 4.21 Å². The molecule has 2 fully saturated rings. The number of carboxylic acid groups (broad SMARTS) is 1. The van der Waals surface area contributed by atoms with Gasteiger partial charge >= 0.3 is 5.97 Å². The van der Waals surface area contributed by atoms with Crippen LogP contribution in [0.15, 0.2) is 21.6 Å². The van der Waals surface area contributed by atoms with E-state index in [0.717, 1.165) is 30.8 Å². The normalized spacial score (nSPS) is 31.5. The van der Waals surface area contributed by atoms with Crippen LogP contribution in [-0.4, -0.2) is 44.2 Å². The molecule has 2 aliphatic heterocycles. The lowest BCUT2D eigenvalue weighted by Crippen LogP contribution is -2.43. The minimum Gasteiger partial charge on any atom is -0.475 e. The van der Waals surface area contributed by atoms with E-state index in [2.05, 4.69) is 0 Å². The molecule has 110 valence electrons. The van der Waals surface area contributed by atoms with Crippen molar-refractivity contribution in [2.45, 2.75) is 35.2 Å². The summed E-state index contributed by atoms with van der Waals surface area (Å²) in [5.41, 5.74) is -0.133. The second-order valence-corrected chi connectivity index (χ2v) is 7.94. The van der Waals surface area contributed by atoms with Gasteiger partial charge in [-0.25, -0.2) is 4.79 Å². The van der Waals surface area contributed by atoms with Crippen LogP contribution in [0.25, 0.3) is 0 Å². The summed E-state index contributed by atoms with van der Waals surface area (Å²) >= 11 is 1.87. The van der Waals surface area contributed by atoms with Gasteiger partial charge < -0.3 is 14.3 Å². The fourth-order valence-electron chi connectivity index (χ4n) is 2.74. The van der Waals surface area contributed by atoms with Gasteiger partial charge in [0.25, 0.3) is 0 Å². The smallest absolute Gasteiger partial charge is 0.371 e. The Morgan fingerprint density at radius 1 is 1.50 bits per heavy atom. The highest BCUT2D eigenvalue weighted by Crippen LogP contribution is 2.40. The molecule has 2 aliphatic rings. The molecule has 0 aliphatic carbocycles. The van der Waals surface area contributed by atoms with Gasteiger partial charge in [-0.15, -0.1) is 0 Å². The first-order chi connectivity index (χ1) is 9.60. The number of aromatic carboxylic acids is 1. The third kappa shape index (κ3) is 2.66. The summed E-state index contributed by atoms with van der Waals surface area (Å²) in [7, 11) is -1.31. The van der Waals surface area contributed by atoms with E-state index in [0.29, 0.717) is 6.61 Å². The van der Waals surface area contributed by atoms with Crippen LogP contribution in [-0.2, 0) is 15.5 Å². The number of hydrogen-bond donors (Lipinski definition) is 1. The fraction of sp³-hybridized carbons (Fsp3) is 0.615. The Balaban J connectivity index is 1.74. The molecule has 3 unspecified atom stereocenters. The first-order valence-electron chi connectivity index (χ1n) is 6.55. The van der Waals surface area contributed by atoms with E-state index in [4.69, 9.17) is 14.3 Å². The standard InChI is InChI=1S/C13H16O5S2/c14-12(15)10-1-2-11(18-10)20(16)9-3-5-17-13(7-9)4-6-19-8-13/h1-2,9H,3-8H2,(H,14,15). The molecular formula is C13H16O5S2. The van der Waals surface area contributed by atoms with Gasteiger partial charge in [-0.05, 0) is 37.1 Å². The molecule has 7 heteroatoms. The highest BCUT2D eigenvalue weighted by atomic mass is 32.2. The number of thioether (sulfide) groups is 1. The molecule has 1 aromatic rings. The van der Waals surface area contributed by atoms with Crippen LogP contribution >= 0.6 is 11.8 Å². The molecular weight excluding hydrogens is 300 g/mol. The van der Waals surface area contributed by atoms with E-state index in [-0.39, 0.29) is 21.7 Å². The first-order valence-corrected chi connectivity index (χ1v) is 8.92. The van der Waals surface area contributed by atoms with E-state index in [1.54, 1.807) is 0 Å². The third-order valence-corrected chi connectivity index (χ3v) is 6.65. The van der Waals surface area contributed by atoms with Crippen molar-refractivity contribution in [2.24, 2.45) is 0 Å². The summed E-state index contributed by atoms with van der Waals surface area (Å²) in [5, 5.41) is 9.08. The minimum atomic E-state index is -1.31. The van der Waals surface area contributed by atoms with Crippen LogP contribution in [0, 0.1) is 0 Å². The SMILES string of the molecule is O=C(O)c1ccc(S(=O)C2CCOC3(CCSC3)C2)o1. The van der Waals surface area contributed by atoms with Crippen LogP contribution in [0.5, 0.6) is 0 Å². The van der Waals surface area contributed by atoms with Gasteiger partial charge in [-0.2, -0.15) is 11.8 Å². The Morgan fingerprint density at radius 2 is 2.35 bits per heavy atom. The lowest BCUT2D eigenvalue weighted by Gasteiger charge is -2.36. The second kappa shape index (κ2) is 5.54. The van der Waals surface area contributed by atoms with Gasteiger partial charge in [0, 0.05) is 17.6 Å². The number of rotatable bonds is 3. The lowest BCUT2D eigenvalue weighted by atomic mass is 9.93. The molecule has 2 saturated heterocycles. The molecule has 5 nitrogen and oxygen atoms in total. The number of carbonyl (C=O) groups is 1. The number of ether oxygens (including phenoxy) is 1. The highest BCUT2D eigenvalue weighted by Gasteiger charge is 2.42. The van der Waals surface area contributed by atoms with Gasteiger partial charge in [0.05, 0.1) is 16.4 Å². The molecule has 0 aromatic carbocycles. The Kier molecular flexibility index (Phi) is 3.92. The summed E-state index contributed by atoms with van der Waals surface area (Å²) in [6, 6.07) is 2.86. The van der Waals surface area contributed by atoms with Crippen molar-refractivity contribution in [1.29, 1.82) is 0 Å². The molecule has 1 aromatic heterocycles. The molecule has 3 rings (SSSR count). The largest absolute Gasteiger partial charge is 0.475 e. The summed E-state index contributed by atoms with van der Waals surface area (Å²) in [6.07, 6.45) is 2.49. The average Bonchev–Trinajstić information content (AvgIpc) is 3.08. The Hall–Kier alpha value is -0.790. The zero-order valence-corrected chi connectivity index (χ0v) is 12.5. The van der Waals surface area contributed by atoms with Gasteiger partial charge in [0.15, 0.2) is 5.09 Å². The zero-order valence-electron chi connectivity index (χ0n) is 10.9. The summed E-state index contributed by atoms with van der Waals surface area (Å²) < 4.78 is 23.6. The molecule has 0 amide bonds. The molecule has 1 spiro atoms. The van der Waals surface area contributed by atoms with Crippen molar-refractivity contribution in [3.8, 4) is 0 Å². The number of carboxylic acids is 1. The Morgan fingerprint density at radius 3 is 3.00 bits per heavy atom. The maximum absolute atomic E-state index is 12.5. The van der Waals surface area contributed by atoms with Crippen LogP contribution < -0.4 is 0 Å². The average molecular weight is 316 g/mol. The Labute approximate surface area is 123 Å². The molecule has 0 saturated carbocycles. The monoisotopic (exact) mass is 316 g/mol. The predicted molar refractivity (Wildman–Crippen MR) is 75.7 cm³/mol. The van der Waals surface area contributed by atoms with Crippen molar-refractivity contribution in [1.82, 2.24) is 0 Å². The maximum Gasteiger partial charge on any atom is 0.371 e. The first kappa shape index (κ1) is 14.2. The van der Waals surface area contributed by atoms with E-state index < -0.39 is 16.8 Å². The number of hydrogen-bond acceptors (Lipinski definition) is 5. The Bertz CT molecular complexity index is 533. The zero-order chi connectivity index (χ0) is 14.2. The highest BCUT2D eigenvalue weighted by molar-refractivity contribution is 7.99. The van der Waals surface area contributed by atoms with Gasteiger partial charge in [-0.1, -0.05) is 0 Å². The molecule has 0 bridgehead atoms. The third-order valence-electron chi connectivity index (χ3n) is 3.81. The van der Waals surface area contributed by atoms with Crippen molar-refractivity contribution in [2.75, 3.05) is 18.1 Å². The van der Waals surface area contributed by atoms with Crippen LogP contribution in [0.2, 0.25) is 0 Å². The molecule has 0 radical (unpaired) electrons. The summed E-state index contributed by atoms with van der Waals surface area (Å²) in [4.78, 5) is 10.8. The molecule has 3 heterocycles. The quantitative estimate of drug-likeness (QED) is 0.920. The van der Waals surface area contributed by atoms with Crippen molar-refractivity contribution < 1.29 is 23.3 Å². The lowest BCUT2D eigenvalue weighted by molar-refractivity contribution is -0.0568. The van der Waals surface area contributed by atoms with Gasteiger partial charge in [0.1, 0.15) is 0 Å². The summed E-state index contributed by atoms with van der Waals surface area (Å²) in [5.74, 6) is 0.748. The van der Waals surface area contributed by atoms with Crippen molar-refractivity contribution >= 4 is 28.5 Å². The van der Waals surface area contributed by atoms with Crippen LogP contribution in [0.4, 0.5) is 0 Å². The molecule has 20 heavy (non-hydrogen) atoms. The predicted octanol–water partition coefficient (Wildman–Crippen LogP) is 2.14. The van der Waals surface area contributed by atoms with E-state index in [1.807, 2.05) is 11.8 Å². The van der Waals surface area contributed by atoms with Crippen molar-refractivity contribution in [3.63, 3.8) is 0 Å². The van der Waals surface area contributed by atoms with Gasteiger partial charge in [0.2, 0.25) is 5.76 Å². The van der Waals surface area contributed by atoms with Crippen LogP contribution in [0.1, 0.15) is 29.8 Å². The molecule has 1 N–H and O–H groups in total. The van der Waals surface area contributed by atoms with Crippen LogP contribution in [0.3, 0.4) is 0 Å². The molecule has 3 atom stereocenters. The van der Waals surface area contributed by atoms with Crippen molar-refractivity contribution in [3.05, 3.63) is 17.9 Å². The fourth-order valence-corrected chi connectivity index (χ4v) is 5.58. The van der Waals surface area contributed by atoms with E-state index in [1.165, 1.54) is 12.1 Å². The minimum absolute atomic E-state index is 0.0183.